The fourth-order valence-corrected chi connectivity index (χ4v) is 2.80. The molecule has 0 saturated carbocycles. The minimum Gasteiger partial charge on any atom is -0.333 e. The van der Waals surface area contributed by atoms with E-state index in [-0.39, 0.29) is 23.6 Å². The third kappa shape index (κ3) is 2.90. The van der Waals surface area contributed by atoms with Gasteiger partial charge in [0.1, 0.15) is 5.69 Å². The molecule has 1 aliphatic rings. The van der Waals surface area contributed by atoms with Crippen LogP contribution in [0.4, 0.5) is 13.2 Å². The highest BCUT2D eigenvalue weighted by Gasteiger charge is 2.35. The maximum absolute atomic E-state index is 12.4. The summed E-state index contributed by atoms with van der Waals surface area (Å²) < 4.78 is 37.3. The summed E-state index contributed by atoms with van der Waals surface area (Å²) in [6.07, 6.45) is -2.93. The van der Waals surface area contributed by atoms with Crippen LogP contribution in [-0.4, -0.2) is 34.3 Å². The Morgan fingerprint density at radius 1 is 1.50 bits per heavy atom. The maximum Gasteiger partial charge on any atom is 0.417 e. The lowest BCUT2D eigenvalue weighted by Crippen LogP contribution is -2.39. The summed E-state index contributed by atoms with van der Waals surface area (Å²) in [7, 11) is 0. The van der Waals surface area contributed by atoms with Gasteiger partial charge in [-0.3, -0.25) is 9.78 Å². The lowest BCUT2D eigenvalue weighted by molar-refractivity contribution is -0.137. The van der Waals surface area contributed by atoms with E-state index in [2.05, 4.69) is 4.98 Å². The van der Waals surface area contributed by atoms with E-state index in [0.29, 0.717) is 18.6 Å². The molecule has 1 fully saturated rings. The molecule has 0 aromatic carbocycles. The molecular weight excluding hydrogens is 293 g/mol. The summed E-state index contributed by atoms with van der Waals surface area (Å²) in [5, 5.41) is 0. The number of pyridine rings is 1. The van der Waals surface area contributed by atoms with Gasteiger partial charge >= 0.3 is 6.18 Å². The van der Waals surface area contributed by atoms with Gasteiger partial charge in [0.25, 0.3) is 5.91 Å². The van der Waals surface area contributed by atoms with Crippen molar-refractivity contribution in [3.05, 3.63) is 29.6 Å². The number of likely N-dealkylation sites (tertiary alicyclic amines) is 1. The average Bonchev–Trinajstić information content (AvgIpc) is 2.78. The predicted molar refractivity (Wildman–Crippen MR) is 68.6 cm³/mol. The first-order valence-electron chi connectivity index (χ1n) is 6.24. The average molecular weight is 307 g/mol. The van der Waals surface area contributed by atoms with Gasteiger partial charge in [0, 0.05) is 24.7 Å². The van der Waals surface area contributed by atoms with Crippen LogP contribution in [0.15, 0.2) is 18.3 Å². The number of aromatic nitrogens is 1. The lowest BCUT2D eigenvalue weighted by Gasteiger charge is -2.24. The van der Waals surface area contributed by atoms with Crippen LogP contribution in [0.2, 0.25) is 0 Å². The fraction of sp³-hybridized carbons (Fsp3) is 0.538. The van der Waals surface area contributed by atoms with Gasteiger partial charge in [-0.1, -0.05) is 6.92 Å². The molecule has 1 amide bonds. The zero-order chi connectivity index (χ0) is 14.9. The van der Waals surface area contributed by atoms with Gasteiger partial charge < -0.3 is 4.90 Å². The van der Waals surface area contributed by atoms with Crippen LogP contribution in [0.25, 0.3) is 0 Å². The standard InChI is InChI=1S/C13H14ClF3N2O/c1-8-4-5-19(11(8)6-14)12(20)10-3-2-9(7-18-10)13(15,16)17/h2-3,7-8,11H,4-6H2,1H3. The molecule has 2 unspecified atom stereocenters. The fourth-order valence-electron chi connectivity index (χ4n) is 2.33. The van der Waals surface area contributed by atoms with Crippen molar-refractivity contribution < 1.29 is 18.0 Å². The Hall–Kier alpha value is -1.30. The zero-order valence-electron chi connectivity index (χ0n) is 10.8. The third-order valence-electron chi connectivity index (χ3n) is 3.61. The highest BCUT2D eigenvalue weighted by Crippen LogP contribution is 2.29. The summed E-state index contributed by atoms with van der Waals surface area (Å²) in [4.78, 5) is 17.5. The zero-order valence-corrected chi connectivity index (χ0v) is 11.6. The Morgan fingerprint density at radius 2 is 2.20 bits per heavy atom. The smallest absolute Gasteiger partial charge is 0.333 e. The van der Waals surface area contributed by atoms with E-state index >= 15 is 0 Å². The molecule has 0 aliphatic carbocycles. The van der Waals surface area contributed by atoms with Crippen LogP contribution in [-0.2, 0) is 6.18 Å². The van der Waals surface area contributed by atoms with Crippen molar-refractivity contribution in [2.75, 3.05) is 12.4 Å². The Morgan fingerprint density at radius 3 is 2.70 bits per heavy atom. The van der Waals surface area contributed by atoms with Crippen molar-refractivity contribution in [2.24, 2.45) is 5.92 Å². The first-order valence-corrected chi connectivity index (χ1v) is 6.78. The van der Waals surface area contributed by atoms with Crippen molar-refractivity contribution in [1.29, 1.82) is 0 Å². The number of nitrogens with zero attached hydrogens (tertiary/aromatic N) is 2. The first-order chi connectivity index (χ1) is 9.34. The Kier molecular flexibility index (Phi) is 4.22. The number of hydrogen-bond acceptors (Lipinski definition) is 2. The maximum atomic E-state index is 12.4. The molecule has 1 saturated heterocycles. The van der Waals surface area contributed by atoms with E-state index in [9.17, 15) is 18.0 Å². The number of rotatable bonds is 2. The third-order valence-corrected chi connectivity index (χ3v) is 3.93. The van der Waals surface area contributed by atoms with Gasteiger partial charge in [-0.05, 0) is 24.5 Å². The number of halogens is 4. The number of carbonyl (C=O) groups excluding carboxylic acids is 1. The van der Waals surface area contributed by atoms with Gasteiger partial charge in [0.05, 0.1) is 5.56 Å². The number of alkyl halides is 4. The molecule has 110 valence electrons. The molecule has 1 aliphatic heterocycles. The second-order valence-corrected chi connectivity index (χ2v) is 5.22. The second-order valence-electron chi connectivity index (χ2n) is 4.92. The number of hydrogen-bond donors (Lipinski definition) is 0. The SMILES string of the molecule is CC1CCN(C(=O)c2ccc(C(F)(F)F)cn2)C1CCl. The molecule has 3 nitrogen and oxygen atoms in total. The Balaban J connectivity index is 2.18. The van der Waals surface area contributed by atoms with E-state index in [0.717, 1.165) is 18.6 Å². The number of carbonyl (C=O) groups is 1. The normalized spacial score (nSPS) is 23.1. The minimum atomic E-state index is -4.45. The van der Waals surface area contributed by atoms with Gasteiger partial charge in [-0.15, -0.1) is 11.6 Å². The summed E-state index contributed by atoms with van der Waals surface area (Å²) in [5.41, 5.74) is -0.847. The summed E-state index contributed by atoms with van der Waals surface area (Å²) in [6.45, 7) is 2.56. The summed E-state index contributed by atoms with van der Waals surface area (Å²) in [6, 6.07) is 1.89. The van der Waals surface area contributed by atoms with Crippen molar-refractivity contribution in [2.45, 2.75) is 25.6 Å². The highest BCUT2D eigenvalue weighted by molar-refractivity contribution is 6.18. The van der Waals surface area contributed by atoms with Crippen LogP contribution >= 0.6 is 11.6 Å². The number of amides is 1. The van der Waals surface area contributed by atoms with Crippen molar-refractivity contribution in [3.8, 4) is 0 Å². The van der Waals surface area contributed by atoms with Gasteiger partial charge in [0.2, 0.25) is 0 Å². The molecule has 1 aromatic rings. The molecule has 0 N–H and O–H groups in total. The molecule has 1 aromatic heterocycles. The van der Waals surface area contributed by atoms with Crippen LogP contribution in [0, 0.1) is 5.92 Å². The van der Waals surface area contributed by atoms with E-state index in [1.807, 2.05) is 6.92 Å². The molecular formula is C13H14ClF3N2O. The molecule has 2 heterocycles. The molecule has 0 bridgehead atoms. The first kappa shape index (κ1) is 15.1. The summed E-state index contributed by atoms with van der Waals surface area (Å²) >= 11 is 5.85. The van der Waals surface area contributed by atoms with Crippen LogP contribution in [0.3, 0.4) is 0 Å². The molecule has 2 atom stereocenters. The van der Waals surface area contributed by atoms with E-state index < -0.39 is 11.7 Å². The van der Waals surface area contributed by atoms with Crippen LogP contribution < -0.4 is 0 Å². The molecule has 2 rings (SSSR count). The monoisotopic (exact) mass is 306 g/mol. The van der Waals surface area contributed by atoms with Crippen molar-refractivity contribution >= 4 is 17.5 Å². The van der Waals surface area contributed by atoms with Gasteiger partial charge in [-0.25, -0.2) is 0 Å². The van der Waals surface area contributed by atoms with Gasteiger partial charge in [0.15, 0.2) is 0 Å². The van der Waals surface area contributed by atoms with Crippen molar-refractivity contribution in [1.82, 2.24) is 9.88 Å². The van der Waals surface area contributed by atoms with E-state index in [4.69, 9.17) is 11.6 Å². The molecule has 0 spiro atoms. The highest BCUT2D eigenvalue weighted by atomic mass is 35.5. The summed E-state index contributed by atoms with van der Waals surface area (Å²) in [5.74, 6) is 0.229. The Labute approximate surface area is 119 Å². The van der Waals surface area contributed by atoms with Crippen molar-refractivity contribution in [3.63, 3.8) is 0 Å². The second kappa shape index (κ2) is 5.60. The minimum absolute atomic E-state index is 0.0159. The quantitative estimate of drug-likeness (QED) is 0.786. The molecule has 0 radical (unpaired) electrons. The predicted octanol–water partition coefficient (Wildman–Crippen LogP) is 3.19. The van der Waals surface area contributed by atoms with E-state index in [1.54, 1.807) is 4.90 Å². The van der Waals surface area contributed by atoms with Crippen LogP contribution in [0.5, 0.6) is 0 Å². The lowest BCUT2D eigenvalue weighted by atomic mass is 10.0. The molecule has 7 heteroatoms. The Bertz CT molecular complexity index is 489. The topological polar surface area (TPSA) is 33.2 Å². The van der Waals surface area contributed by atoms with Gasteiger partial charge in [-0.2, -0.15) is 13.2 Å². The van der Waals surface area contributed by atoms with E-state index in [1.165, 1.54) is 0 Å². The van der Waals surface area contributed by atoms with Crippen LogP contribution in [0.1, 0.15) is 29.4 Å². The largest absolute Gasteiger partial charge is 0.417 e. The molecule has 20 heavy (non-hydrogen) atoms.